The van der Waals surface area contributed by atoms with Crippen LogP contribution in [-0.4, -0.2) is 46.7 Å². The van der Waals surface area contributed by atoms with Gasteiger partial charge in [-0.05, 0) is 18.0 Å². The summed E-state index contributed by atoms with van der Waals surface area (Å²) in [4.78, 5) is 30.5. The Bertz CT molecular complexity index is 603. The molecule has 0 saturated carbocycles. The van der Waals surface area contributed by atoms with Gasteiger partial charge in [-0.3, -0.25) is 10.1 Å². The molecule has 9 nitrogen and oxygen atoms in total. The summed E-state index contributed by atoms with van der Waals surface area (Å²) in [7, 11) is 1.24. The summed E-state index contributed by atoms with van der Waals surface area (Å²) < 4.78 is 10.0. The summed E-state index contributed by atoms with van der Waals surface area (Å²) in [5.74, 6) is -0.690. The predicted molar refractivity (Wildman–Crippen MR) is 76.9 cm³/mol. The molecule has 1 unspecified atom stereocenters. The standard InChI is InChI=1S/C12H15ClN4O5/c1-3-7-8(17(19)20)9(15-11(13)14-7)16-12(10(18)21-2)4-5-22-6-12/h3-6H2,1-2H3,(H,14,15,16). The van der Waals surface area contributed by atoms with E-state index in [0.29, 0.717) is 19.4 Å². The summed E-state index contributed by atoms with van der Waals surface area (Å²) >= 11 is 5.82. The third kappa shape index (κ3) is 2.95. The lowest BCUT2D eigenvalue weighted by Gasteiger charge is -2.26. The number of rotatable bonds is 5. The van der Waals surface area contributed by atoms with Crippen LogP contribution >= 0.6 is 11.6 Å². The first-order valence-electron chi connectivity index (χ1n) is 6.58. The fourth-order valence-corrected chi connectivity index (χ4v) is 2.48. The van der Waals surface area contributed by atoms with Crippen molar-refractivity contribution in [3.8, 4) is 0 Å². The molecule has 22 heavy (non-hydrogen) atoms. The van der Waals surface area contributed by atoms with E-state index in [1.54, 1.807) is 6.92 Å². The number of nitro groups is 1. The van der Waals surface area contributed by atoms with Crippen molar-refractivity contribution in [2.75, 3.05) is 25.6 Å². The average molecular weight is 331 g/mol. The van der Waals surface area contributed by atoms with E-state index >= 15 is 0 Å². The number of anilines is 1. The molecule has 1 aliphatic heterocycles. The van der Waals surface area contributed by atoms with Gasteiger partial charge in [0.25, 0.3) is 0 Å². The summed E-state index contributed by atoms with van der Waals surface area (Å²) in [6.45, 7) is 2.07. The minimum atomic E-state index is -1.22. The Morgan fingerprint density at radius 1 is 1.59 bits per heavy atom. The highest BCUT2D eigenvalue weighted by atomic mass is 35.5. The molecule has 10 heteroatoms. The molecule has 0 aliphatic carbocycles. The van der Waals surface area contributed by atoms with Crippen molar-refractivity contribution in [3.63, 3.8) is 0 Å². The van der Waals surface area contributed by atoms with E-state index in [-0.39, 0.29) is 29.1 Å². The van der Waals surface area contributed by atoms with Crippen LogP contribution < -0.4 is 5.32 Å². The number of aryl methyl sites for hydroxylation is 1. The molecule has 2 rings (SSSR count). The van der Waals surface area contributed by atoms with Crippen LogP contribution in [0.5, 0.6) is 0 Å². The quantitative estimate of drug-likeness (QED) is 0.372. The molecular weight excluding hydrogens is 316 g/mol. The Morgan fingerprint density at radius 2 is 2.32 bits per heavy atom. The van der Waals surface area contributed by atoms with Gasteiger partial charge in [0, 0.05) is 13.0 Å². The van der Waals surface area contributed by atoms with Crippen LogP contribution in [0, 0.1) is 10.1 Å². The van der Waals surface area contributed by atoms with Crippen molar-refractivity contribution in [2.24, 2.45) is 0 Å². The maximum absolute atomic E-state index is 12.0. The third-order valence-electron chi connectivity index (χ3n) is 3.40. The number of hydrogen-bond donors (Lipinski definition) is 1. The van der Waals surface area contributed by atoms with E-state index in [0.717, 1.165) is 0 Å². The lowest BCUT2D eigenvalue weighted by molar-refractivity contribution is -0.385. The molecule has 0 spiro atoms. The maximum Gasteiger partial charge on any atom is 0.334 e. The lowest BCUT2D eigenvalue weighted by Crippen LogP contribution is -2.48. The van der Waals surface area contributed by atoms with Gasteiger partial charge in [-0.15, -0.1) is 0 Å². The molecule has 1 N–H and O–H groups in total. The van der Waals surface area contributed by atoms with Gasteiger partial charge < -0.3 is 14.8 Å². The zero-order chi connectivity index (χ0) is 16.3. The molecule has 0 aromatic carbocycles. The molecule has 0 bridgehead atoms. The van der Waals surface area contributed by atoms with Gasteiger partial charge >= 0.3 is 11.7 Å². The molecule has 0 radical (unpaired) electrons. The number of nitrogens with zero attached hydrogens (tertiary/aromatic N) is 3. The molecule has 2 heterocycles. The van der Waals surface area contributed by atoms with E-state index in [1.165, 1.54) is 7.11 Å². The Hall–Kier alpha value is -2.00. The molecular formula is C12H15ClN4O5. The zero-order valence-electron chi connectivity index (χ0n) is 12.1. The summed E-state index contributed by atoms with van der Waals surface area (Å²) in [6.07, 6.45) is 0.606. The fraction of sp³-hybridized carbons (Fsp3) is 0.583. The summed E-state index contributed by atoms with van der Waals surface area (Å²) in [5.41, 5.74) is -1.34. The smallest absolute Gasteiger partial charge is 0.334 e. The van der Waals surface area contributed by atoms with Crippen molar-refractivity contribution in [2.45, 2.75) is 25.3 Å². The van der Waals surface area contributed by atoms with E-state index < -0.39 is 16.4 Å². The molecule has 120 valence electrons. The zero-order valence-corrected chi connectivity index (χ0v) is 12.8. The SMILES string of the molecule is CCc1nc(Cl)nc(NC2(C(=O)OC)CCOC2)c1[N+](=O)[O-]. The van der Waals surface area contributed by atoms with Gasteiger partial charge in [0.05, 0.1) is 18.6 Å². The molecule has 1 aromatic heterocycles. The monoisotopic (exact) mass is 330 g/mol. The van der Waals surface area contributed by atoms with Crippen LogP contribution in [0.25, 0.3) is 0 Å². The minimum absolute atomic E-state index is 0.0277. The Morgan fingerprint density at radius 3 is 2.82 bits per heavy atom. The molecule has 1 fully saturated rings. The lowest BCUT2D eigenvalue weighted by atomic mass is 9.99. The van der Waals surface area contributed by atoms with Crippen molar-refractivity contribution in [1.29, 1.82) is 0 Å². The van der Waals surface area contributed by atoms with E-state index in [9.17, 15) is 14.9 Å². The van der Waals surface area contributed by atoms with Gasteiger partial charge in [0.2, 0.25) is 11.1 Å². The predicted octanol–water partition coefficient (Wildman–Crippen LogP) is 1.34. The molecule has 0 amide bonds. The Labute approximate surface area is 131 Å². The highest BCUT2D eigenvalue weighted by Crippen LogP contribution is 2.33. The van der Waals surface area contributed by atoms with Crippen molar-refractivity contribution < 1.29 is 19.2 Å². The first-order valence-corrected chi connectivity index (χ1v) is 6.96. The number of ether oxygens (including phenoxy) is 2. The number of nitrogens with one attached hydrogen (secondary N) is 1. The normalized spacial score (nSPS) is 20.7. The largest absolute Gasteiger partial charge is 0.467 e. The van der Waals surface area contributed by atoms with Gasteiger partial charge in [-0.25, -0.2) is 9.78 Å². The minimum Gasteiger partial charge on any atom is -0.467 e. The molecule has 1 atom stereocenters. The average Bonchev–Trinajstić information content (AvgIpc) is 2.94. The van der Waals surface area contributed by atoms with Gasteiger partial charge in [-0.2, -0.15) is 4.98 Å². The molecule has 1 aromatic rings. The van der Waals surface area contributed by atoms with Crippen LogP contribution in [0.15, 0.2) is 0 Å². The van der Waals surface area contributed by atoms with Crippen LogP contribution in [0.3, 0.4) is 0 Å². The highest BCUT2D eigenvalue weighted by molar-refractivity contribution is 6.28. The first-order chi connectivity index (χ1) is 10.4. The van der Waals surface area contributed by atoms with Gasteiger partial charge in [0.1, 0.15) is 5.69 Å². The number of carbonyl (C=O) groups excluding carboxylic acids is 1. The van der Waals surface area contributed by atoms with E-state index in [1.807, 2.05) is 0 Å². The van der Waals surface area contributed by atoms with E-state index in [2.05, 4.69) is 15.3 Å². The van der Waals surface area contributed by atoms with Crippen LogP contribution in [0.1, 0.15) is 19.0 Å². The number of methoxy groups -OCH3 is 1. The summed E-state index contributed by atoms with van der Waals surface area (Å²) in [6, 6.07) is 0. The van der Waals surface area contributed by atoms with Crippen molar-refractivity contribution >= 4 is 29.1 Å². The number of esters is 1. The topological polar surface area (TPSA) is 116 Å². The fourth-order valence-electron chi connectivity index (χ4n) is 2.29. The Kier molecular flexibility index (Phi) is 4.77. The third-order valence-corrected chi connectivity index (χ3v) is 3.57. The number of carbonyl (C=O) groups is 1. The second-order valence-corrected chi connectivity index (χ2v) is 5.09. The van der Waals surface area contributed by atoms with E-state index in [4.69, 9.17) is 21.1 Å². The van der Waals surface area contributed by atoms with Crippen LogP contribution in [0.4, 0.5) is 11.5 Å². The molecule has 1 saturated heterocycles. The van der Waals surface area contributed by atoms with Crippen LogP contribution in [-0.2, 0) is 20.7 Å². The van der Waals surface area contributed by atoms with Crippen molar-refractivity contribution in [3.05, 3.63) is 21.1 Å². The van der Waals surface area contributed by atoms with Gasteiger partial charge in [-0.1, -0.05) is 6.92 Å². The summed E-state index contributed by atoms with van der Waals surface area (Å²) in [5, 5.41) is 14.0. The second kappa shape index (κ2) is 6.41. The van der Waals surface area contributed by atoms with Crippen LogP contribution in [0.2, 0.25) is 5.28 Å². The van der Waals surface area contributed by atoms with Crippen molar-refractivity contribution in [1.82, 2.24) is 9.97 Å². The highest BCUT2D eigenvalue weighted by Gasteiger charge is 2.45. The Balaban J connectivity index is 2.49. The maximum atomic E-state index is 12.0. The number of hydrogen-bond acceptors (Lipinski definition) is 8. The number of aromatic nitrogens is 2. The van der Waals surface area contributed by atoms with Gasteiger partial charge in [0.15, 0.2) is 5.54 Å². The second-order valence-electron chi connectivity index (χ2n) is 4.75. The molecule has 1 aliphatic rings. The number of halogens is 1. The first kappa shape index (κ1) is 16.4.